The van der Waals surface area contributed by atoms with E-state index in [0.717, 1.165) is 23.1 Å². The van der Waals surface area contributed by atoms with Crippen molar-refractivity contribution < 1.29 is 37.0 Å². The molecule has 2 aromatic rings. The number of ether oxygens (including phenoxy) is 2. The van der Waals surface area contributed by atoms with Gasteiger partial charge < -0.3 is 14.4 Å². The molecule has 14 heteroatoms. The van der Waals surface area contributed by atoms with Gasteiger partial charge >= 0.3 is 18.3 Å². The Labute approximate surface area is 244 Å². The average Bonchev–Trinajstić information content (AvgIpc) is 3.30. The Morgan fingerprint density at radius 1 is 1.07 bits per heavy atom. The number of imide groups is 1. The van der Waals surface area contributed by atoms with E-state index in [0.29, 0.717) is 37.9 Å². The molecule has 2 aliphatic rings. The molecule has 1 aromatic heterocycles. The number of benzene rings is 1. The first-order valence-corrected chi connectivity index (χ1v) is 17.9. The van der Waals surface area contributed by atoms with E-state index in [1.54, 1.807) is 30.4 Å². The van der Waals surface area contributed by atoms with Gasteiger partial charge in [-0.05, 0) is 51.8 Å². The summed E-state index contributed by atoms with van der Waals surface area (Å²) < 4.78 is 54.9. The lowest BCUT2D eigenvalue weighted by Gasteiger charge is -2.35. The van der Waals surface area contributed by atoms with Gasteiger partial charge in [0.1, 0.15) is 12.3 Å². The van der Waals surface area contributed by atoms with Crippen molar-refractivity contribution in [3.8, 4) is 0 Å². The molecule has 0 N–H and O–H groups in total. The van der Waals surface area contributed by atoms with Gasteiger partial charge in [0, 0.05) is 46.1 Å². The first kappa shape index (κ1) is 31.8. The summed E-state index contributed by atoms with van der Waals surface area (Å²) >= 11 is 0. The largest absolute Gasteiger partial charge is 0.444 e. The third kappa shape index (κ3) is 7.44. The lowest BCUT2D eigenvalue weighted by Crippen LogP contribution is -2.53. The zero-order chi connectivity index (χ0) is 31.0. The number of likely N-dealkylation sites (tertiary alicyclic amines) is 1. The van der Waals surface area contributed by atoms with E-state index in [4.69, 9.17) is 9.47 Å². The van der Waals surface area contributed by atoms with Crippen LogP contribution in [-0.4, -0.2) is 84.3 Å². The fourth-order valence-corrected chi connectivity index (χ4v) is 5.76. The second kappa shape index (κ2) is 11.9. The van der Waals surface area contributed by atoms with Gasteiger partial charge in [0.25, 0.3) is 0 Å². The molecule has 10 nitrogen and oxygen atoms in total. The first-order chi connectivity index (χ1) is 19.4. The smallest absolute Gasteiger partial charge is 0.416 e. The van der Waals surface area contributed by atoms with Gasteiger partial charge in [0.15, 0.2) is 0 Å². The summed E-state index contributed by atoms with van der Waals surface area (Å²) in [6.07, 6.45) is -2.74. The molecule has 0 unspecified atom stereocenters. The van der Waals surface area contributed by atoms with E-state index in [9.17, 15) is 27.6 Å². The van der Waals surface area contributed by atoms with Crippen LogP contribution >= 0.6 is 0 Å². The zero-order valence-corrected chi connectivity index (χ0v) is 26.1. The summed E-state index contributed by atoms with van der Waals surface area (Å²) in [5.74, 6) is -0.431. The van der Waals surface area contributed by atoms with Crippen LogP contribution in [0.25, 0.3) is 10.9 Å². The molecule has 0 spiro atoms. The molecule has 42 heavy (non-hydrogen) atoms. The molecule has 4 amide bonds. The number of hydrogen-bond acceptors (Lipinski definition) is 6. The molecule has 0 aliphatic carbocycles. The van der Waals surface area contributed by atoms with E-state index >= 15 is 0 Å². The van der Waals surface area contributed by atoms with E-state index in [1.807, 2.05) is 0 Å². The van der Waals surface area contributed by atoms with Crippen molar-refractivity contribution in [1.29, 1.82) is 0 Å². The Bertz CT molecular complexity index is 1330. The summed E-state index contributed by atoms with van der Waals surface area (Å²) in [7, 11) is -1.40. The maximum atomic E-state index is 14.1. The molecule has 1 aromatic carbocycles. The monoisotopic (exact) mass is 611 g/mol. The van der Waals surface area contributed by atoms with Crippen LogP contribution in [0.15, 0.2) is 18.3 Å². The number of urea groups is 1. The number of hydrogen-bond donors (Lipinski definition) is 0. The summed E-state index contributed by atoms with van der Waals surface area (Å²) in [4.78, 5) is 42.3. The Hall–Kier alpha value is -3.13. The molecule has 0 saturated carbocycles. The number of anilines is 1. The van der Waals surface area contributed by atoms with Crippen LogP contribution in [0, 0.1) is 0 Å². The Kier molecular flexibility index (Phi) is 8.98. The third-order valence-electron chi connectivity index (χ3n) is 7.30. The molecular weight excluding hydrogens is 571 g/mol. The number of amides is 4. The zero-order valence-electron chi connectivity index (χ0n) is 25.1. The van der Waals surface area contributed by atoms with Gasteiger partial charge in [-0.3, -0.25) is 14.4 Å². The van der Waals surface area contributed by atoms with Gasteiger partial charge in [0.2, 0.25) is 5.91 Å². The predicted molar refractivity (Wildman–Crippen MR) is 154 cm³/mol. The quantitative estimate of drug-likeness (QED) is 0.277. The minimum Gasteiger partial charge on any atom is -0.444 e. The minimum absolute atomic E-state index is 0.0434. The summed E-state index contributed by atoms with van der Waals surface area (Å²) in [5.41, 5.74) is -1.27. The minimum atomic E-state index is -4.67. The molecule has 0 atom stereocenters. The first-order valence-electron chi connectivity index (χ1n) is 14.2. The number of rotatable bonds is 7. The molecular formula is C28H40F3N5O5Si. The van der Waals surface area contributed by atoms with E-state index in [-0.39, 0.29) is 36.9 Å². The van der Waals surface area contributed by atoms with Crippen LogP contribution < -0.4 is 4.90 Å². The molecule has 2 saturated heterocycles. The SMILES string of the molecule is CC(C)(C)OC(=O)N1CCC(n2ncc3c(N4CCC(=O)N(COCC[Si](C)(C)C)C4=O)cc(C(F)(F)F)cc32)CC1. The fourth-order valence-electron chi connectivity index (χ4n) is 5.00. The van der Waals surface area contributed by atoms with Crippen LogP contribution in [-0.2, 0) is 20.4 Å². The normalized spacial score (nSPS) is 17.9. The summed E-state index contributed by atoms with van der Waals surface area (Å²) in [6, 6.07) is 1.85. The summed E-state index contributed by atoms with van der Waals surface area (Å²) in [6.45, 7) is 12.7. The number of nitrogens with zero attached hydrogens (tertiary/aromatic N) is 5. The van der Waals surface area contributed by atoms with Crippen molar-refractivity contribution in [2.45, 2.75) is 83.5 Å². The standard InChI is InChI=1S/C28H40F3N5O5Si/c1-27(2,3)41-26(39)33-10-7-20(8-11-33)36-23-16-19(28(29,30)31)15-22(21(23)17-32-36)34-12-9-24(37)35(25(34)38)18-40-13-14-42(4,5)6/h15-17,20H,7-14,18H2,1-6H3. The predicted octanol–water partition coefficient (Wildman–Crippen LogP) is 6.10. The Morgan fingerprint density at radius 2 is 1.74 bits per heavy atom. The van der Waals surface area contributed by atoms with Crippen molar-refractivity contribution in [3.63, 3.8) is 0 Å². The molecule has 2 fully saturated rings. The van der Waals surface area contributed by atoms with E-state index in [1.165, 1.54) is 11.1 Å². The topological polar surface area (TPSA) is 97.2 Å². The highest BCUT2D eigenvalue weighted by Gasteiger charge is 2.38. The second-order valence-corrected chi connectivity index (χ2v) is 18.7. The highest BCUT2D eigenvalue weighted by atomic mass is 28.3. The van der Waals surface area contributed by atoms with Gasteiger partial charge in [-0.15, -0.1) is 0 Å². The van der Waals surface area contributed by atoms with Crippen LogP contribution in [0.2, 0.25) is 25.7 Å². The number of fused-ring (bicyclic) bond motifs is 1. The highest BCUT2D eigenvalue weighted by Crippen LogP contribution is 2.39. The molecule has 4 rings (SSSR count). The lowest BCUT2D eigenvalue weighted by molar-refractivity contribution is -0.137. The van der Waals surface area contributed by atoms with Crippen LogP contribution in [0.1, 0.15) is 51.6 Å². The fraction of sp³-hybridized carbons (Fsp3) is 0.643. The summed E-state index contributed by atoms with van der Waals surface area (Å²) in [5, 5.41) is 4.82. The molecule has 0 radical (unpaired) electrons. The van der Waals surface area contributed by atoms with Crippen LogP contribution in [0.5, 0.6) is 0 Å². The van der Waals surface area contributed by atoms with Crippen LogP contribution in [0.3, 0.4) is 0 Å². The Morgan fingerprint density at radius 3 is 2.33 bits per heavy atom. The number of aromatic nitrogens is 2. The highest BCUT2D eigenvalue weighted by molar-refractivity contribution is 6.76. The lowest BCUT2D eigenvalue weighted by atomic mass is 10.0. The van der Waals surface area contributed by atoms with Crippen LogP contribution in [0.4, 0.5) is 28.4 Å². The van der Waals surface area contributed by atoms with Crippen molar-refractivity contribution in [1.82, 2.24) is 19.6 Å². The number of carbonyl (C=O) groups is 3. The van der Waals surface area contributed by atoms with Gasteiger partial charge in [0.05, 0.1) is 29.0 Å². The van der Waals surface area contributed by atoms with Crippen molar-refractivity contribution >= 4 is 42.7 Å². The van der Waals surface area contributed by atoms with Crippen molar-refractivity contribution in [2.75, 3.05) is 37.9 Å². The van der Waals surface area contributed by atoms with E-state index < -0.39 is 43.4 Å². The average molecular weight is 612 g/mol. The van der Waals surface area contributed by atoms with Gasteiger partial charge in [-0.1, -0.05) is 19.6 Å². The second-order valence-electron chi connectivity index (χ2n) is 13.1. The third-order valence-corrected chi connectivity index (χ3v) is 9.01. The molecule has 0 bridgehead atoms. The molecule has 232 valence electrons. The Balaban J connectivity index is 1.59. The molecule has 3 heterocycles. The van der Waals surface area contributed by atoms with Gasteiger partial charge in [-0.25, -0.2) is 14.5 Å². The number of halogens is 3. The maximum Gasteiger partial charge on any atom is 0.416 e. The molecule has 2 aliphatic heterocycles. The number of alkyl halides is 3. The number of piperidine rings is 1. The van der Waals surface area contributed by atoms with Crippen molar-refractivity contribution in [3.05, 3.63) is 23.9 Å². The van der Waals surface area contributed by atoms with Gasteiger partial charge in [-0.2, -0.15) is 18.3 Å². The number of carbonyl (C=O) groups excluding carboxylic acids is 3. The van der Waals surface area contributed by atoms with E-state index in [2.05, 4.69) is 24.7 Å². The maximum absolute atomic E-state index is 14.1. The van der Waals surface area contributed by atoms with Crippen molar-refractivity contribution in [2.24, 2.45) is 0 Å².